The van der Waals surface area contributed by atoms with Gasteiger partial charge >= 0.3 is 12.1 Å². The normalized spacial score (nSPS) is 30.4. The van der Waals surface area contributed by atoms with Gasteiger partial charge in [0.1, 0.15) is 35.7 Å². The zero-order valence-electron chi connectivity index (χ0n) is 36.5. The summed E-state index contributed by atoms with van der Waals surface area (Å²) in [5, 5.41) is 13.9. The van der Waals surface area contributed by atoms with Crippen molar-refractivity contribution in [3.05, 3.63) is 36.5 Å². The highest BCUT2D eigenvalue weighted by Crippen LogP contribution is 2.52. The van der Waals surface area contributed by atoms with Crippen molar-refractivity contribution in [1.82, 2.24) is 24.8 Å². The van der Waals surface area contributed by atoms with Gasteiger partial charge in [-0.1, -0.05) is 32.9 Å². The summed E-state index contributed by atoms with van der Waals surface area (Å²) in [7, 11) is -1.22. The summed E-state index contributed by atoms with van der Waals surface area (Å²) in [6.45, 7) is 9.77. The molecule has 342 valence electrons. The van der Waals surface area contributed by atoms with Crippen LogP contribution in [0.2, 0.25) is 0 Å². The van der Waals surface area contributed by atoms with E-state index < -0.39 is 92.2 Å². The van der Waals surface area contributed by atoms with Gasteiger partial charge in [-0.3, -0.25) is 28.9 Å². The predicted octanol–water partition coefficient (Wildman–Crippen LogP) is 5.63. The Bertz CT molecular complexity index is 2210. The molecule has 3 heterocycles. The Morgan fingerprint density at radius 2 is 1.82 bits per heavy atom. The van der Waals surface area contributed by atoms with Crippen molar-refractivity contribution in [2.75, 3.05) is 27.4 Å². The van der Waals surface area contributed by atoms with Gasteiger partial charge in [0.05, 0.1) is 24.7 Å². The number of carbonyl (C=O) groups is 4. The second-order valence-corrected chi connectivity index (χ2v) is 20.1. The molecule has 1 aromatic heterocycles. The third-order valence-corrected chi connectivity index (χ3v) is 15.4. The highest BCUT2D eigenvalue weighted by Gasteiger charge is 2.71. The molecule has 2 aliphatic heterocycles. The first-order chi connectivity index (χ1) is 29.1. The van der Waals surface area contributed by atoms with Crippen LogP contribution in [-0.4, -0.2) is 120 Å². The van der Waals surface area contributed by atoms with Crippen molar-refractivity contribution in [3.63, 3.8) is 0 Å². The number of aromatic nitrogens is 1. The number of hydrogen-bond acceptors (Lipinski definition) is 11. The maximum Gasteiger partial charge on any atom is 0.408 e. The molecule has 3 fully saturated rings. The Kier molecular flexibility index (Phi) is 13.1. The molecule has 3 N–H and O–H groups in total. The van der Waals surface area contributed by atoms with Crippen molar-refractivity contribution >= 4 is 44.6 Å². The number of nitrogens with one attached hydrogen (secondary N) is 2. The molecule has 4 aliphatic rings. The number of nitrogens with zero attached hydrogens (tertiary/aromatic N) is 3. The third-order valence-electron chi connectivity index (χ3n) is 13.2. The Balaban J connectivity index is 1.48. The minimum absolute atomic E-state index is 0.0354. The lowest BCUT2D eigenvalue weighted by molar-refractivity contribution is -0.219. The van der Waals surface area contributed by atoms with E-state index in [1.54, 1.807) is 45.0 Å². The number of ether oxygens (including phenoxy) is 4. The van der Waals surface area contributed by atoms with Crippen molar-refractivity contribution in [2.24, 2.45) is 17.8 Å². The van der Waals surface area contributed by atoms with E-state index in [9.17, 15) is 27.9 Å². The van der Waals surface area contributed by atoms with Gasteiger partial charge in [0.2, 0.25) is 21.8 Å². The monoisotopic (exact) mass is 891 g/mol. The van der Waals surface area contributed by atoms with E-state index in [-0.39, 0.29) is 60.3 Å². The van der Waals surface area contributed by atoms with Gasteiger partial charge in [-0.25, -0.2) is 18.2 Å². The molecule has 4 amide bonds. The highest BCUT2D eigenvalue weighted by molar-refractivity contribution is 7.91. The molecule has 1 saturated heterocycles. The minimum atomic E-state index is -4.32. The first kappa shape index (κ1) is 46.7. The molecule has 2 aliphatic carbocycles. The number of pyridine rings is 1. The summed E-state index contributed by atoms with van der Waals surface area (Å²) in [5.74, 6) is -4.71. The molecule has 16 nitrogen and oxygen atoms in total. The molecule has 8 atom stereocenters. The maximum atomic E-state index is 17.8. The zero-order valence-corrected chi connectivity index (χ0v) is 37.4. The van der Waals surface area contributed by atoms with E-state index in [0.29, 0.717) is 36.8 Å². The maximum absolute atomic E-state index is 17.8. The summed E-state index contributed by atoms with van der Waals surface area (Å²) in [4.78, 5) is 62.4. The fraction of sp³-hybridized carbons (Fsp3) is 0.651. The number of methoxy groups -OCH3 is 2. The fourth-order valence-electron chi connectivity index (χ4n) is 8.73. The summed E-state index contributed by atoms with van der Waals surface area (Å²) in [6, 6.07) is -4.09. The van der Waals surface area contributed by atoms with Crippen molar-refractivity contribution < 1.29 is 60.4 Å². The van der Waals surface area contributed by atoms with Crippen LogP contribution in [0.1, 0.15) is 92.9 Å². The topological polar surface area (TPSA) is 203 Å². The number of rotatable bonds is 13. The smallest absolute Gasteiger partial charge is 0.408 e. The number of sulfonamides is 1. The molecule has 2 saturated carbocycles. The zero-order chi connectivity index (χ0) is 45.6. The summed E-state index contributed by atoms with van der Waals surface area (Å²) in [5.41, 5.74) is -4.55. The summed E-state index contributed by atoms with van der Waals surface area (Å²) >= 11 is 0. The molecule has 2 aromatic rings. The number of allylic oxidation sites excluding steroid dienone is 1. The number of benzene rings is 1. The molecule has 19 heteroatoms. The van der Waals surface area contributed by atoms with E-state index in [4.69, 9.17) is 18.9 Å². The van der Waals surface area contributed by atoms with Gasteiger partial charge in [0.25, 0.3) is 11.8 Å². The number of alkyl halides is 2. The molecule has 6 rings (SSSR count). The number of halogens is 2. The van der Waals surface area contributed by atoms with Crippen LogP contribution in [0.3, 0.4) is 0 Å². The number of fused-ring (bicyclic) bond motifs is 3. The minimum Gasteiger partial charge on any atom is -0.497 e. The number of carbonyl (C=O) groups excluding carboxylic acids is 3. The van der Waals surface area contributed by atoms with Gasteiger partial charge < -0.3 is 29.4 Å². The van der Waals surface area contributed by atoms with E-state index in [1.807, 2.05) is 13.0 Å². The predicted molar refractivity (Wildman–Crippen MR) is 223 cm³/mol. The number of carboxylic acid groups (broad SMARTS) is 1. The van der Waals surface area contributed by atoms with Crippen LogP contribution in [0.25, 0.3) is 10.8 Å². The van der Waals surface area contributed by atoms with E-state index in [2.05, 4.69) is 15.0 Å². The molecule has 1 aromatic carbocycles. The van der Waals surface area contributed by atoms with Crippen LogP contribution in [0.15, 0.2) is 36.5 Å². The van der Waals surface area contributed by atoms with Crippen LogP contribution in [-0.2, 0) is 29.1 Å². The first-order valence-corrected chi connectivity index (χ1v) is 22.6. The van der Waals surface area contributed by atoms with Gasteiger partial charge in [-0.15, -0.1) is 0 Å². The Hall–Kier alpha value is -4.78. The number of hydrogen-bond donors (Lipinski definition) is 3. The summed E-state index contributed by atoms with van der Waals surface area (Å²) in [6.07, 6.45) is 4.72. The van der Waals surface area contributed by atoms with Crippen molar-refractivity contribution in [1.29, 1.82) is 0 Å². The first-order valence-electron chi connectivity index (χ1n) is 21.2. The van der Waals surface area contributed by atoms with E-state index in [0.717, 1.165) is 11.8 Å². The van der Waals surface area contributed by atoms with E-state index >= 15 is 13.6 Å². The van der Waals surface area contributed by atoms with Gasteiger partial charge in [-0.2, -0.15) is 8.78 Å². The highest BCUT2D eigenvalue weighted by atomic mass is 32.2. The second-order valence-electron chi connectivity index (χ2n) is 17.9. The van der Waals surface area contributed by atoms with Crippen LogP contribution in [0, 0.1) is 17.8 Å². The molecule has 0 spiro atoms. The fourth-order valence-corrected chi connectivity index (χ4v) is 10.0. The van der Waals surface area contributed by atoms with Crippen LogP contribution in [0.4, 0.5) is 13.6 Å². The van der Waals surface area contributed by atoms with Gasteiger partial charge in [-0.05, 0) is 95.8 Å². The molecule has 0 radical (unpaired) electrons. The second kappa shape index (κ2) is 17.4. The lowest BCUT2D eigenvalue weighted by atomic mass is 9.86. The lowest BCUT2D eigenvalue weighted by Crippen LogP contribution is -2.64. The molecule has 1 unspecified atom stereocenters. The van der Waals surface area contributed by atoms with E-state index in [1.165, 1.54) is 27.3 Å². The summed E-state index contributed by atoms with van der Waals surface area (Å²) < 4.78 is 85.7. The molecular weight excluding hydrogens is 833 g/mol. The third kappa shape index (κ3) is 8.62. The molecule has 0 bridgehead atoms. The SMILES string of the molecule is CCC(C)N(C(=O)O)[C@@H]1C(=O)N2[C@@H](C[C@@](C)(Oc3ncc(OCCOC)c4cc(OC)ccc34)C2(F)F)C(=O)N[C@]2(C(=O)NS(=O)(=O)C3(C)CC3)C[C@H]2/C=C\CC[C@@H](C)C[C@H]1C. The van der Waals surface area contributed by atoms with Crippen molar-refractivity contribution in [2.45, 2.75) is 133 Å². The van der Waals surface area contributed by atoms with Crippen LogP contribution in [0.5, 0.6) is 17.4 Å². The number of amides is 4. The van der Waals surface area contributed by atoms with Crippen LogP contribution < -0.4 is 24.2 Å². The Morgan fingerprint density at radius 1 is 1.11 bits per heavy atom. The Labute approximate surface area is 361 Å². The van der Waals surface area contributed by atoms with Gasteiger partial charge in [0, 0.05) is 36.3 Å². The van der Waals surface area contributed by atoms with Crippen molar-refractivity contribution in [3.8, 4) is 17.4 Å². The average Bonchev–Trinajstić information content (AvgIpc) is 4.12. The standard InChI is InChI=1S/C43H59F2N5O11S/c1-9-27(4)49(39(54)55)34-26(3)20-25(2)12-10-11-13-28-22-42(28,38(53)48-62(56,57)40(5)16-17-40)47-35(51)32-23-41(6,43(44,45)50(32)37(34)52)61-36-30-15-14-29(59-8)21-31(30)33(24-46-36)60-19-18-58-7/h11,13-15,21,24-28,32,34H,9-10,12,16-20,22-23H2,1-8H3,(H,47,51)(H,48,53)(H,54,55)/b13-11-/t25-,26-,27?,28-,32+,34+,41-,42-/m1/s1. The quantitative estimate of drug-likeness (QED) is 0.127. The molecule has 62 heavy (non-hydrogen) atoms. The lowest BCUT2D eigenvalue weighted by Gasteiger charge is -2.42. The van der Waals surface area contributed by atoms with Gasteiger partial charge in [0.15, 0.2) is 5.60 Å². The Morgan fingerprint density at radius 3 is 2.45 bits per heavy atom. The van der Waals surface area contributed by atoms with Crippen LogP contribution >= 0.6 is 0 Å². The largest absolute Gasteiger partial charge is 0.497 e. The molecular formula is C43H59F2N5O11S. The average molecular weight is 892 g/mol.